The lowest BCUT2D eigenvalue weighted by atomic mass is 10.4. The molecule has 0 saturated carbocycles. The second-order valence-corrected chi connectivity index (χ2v) is 1.44. The Labute approximate surface area is 36.8 Å². The predicted molar refractivity (Wildman–Crippen MR) is 24.0 cm³/mol. The number of rotatable bonds is 1. The molecule has 0 heterocycles. The van der Waals surface area contributed by atoms with Gasteiger partial charge in [0, 0.05) is 0 Å². The van der Waals surface area contributed by atoms with Gasteiger partial charge in [-0.1, -0.05) is 6.92 Å². The smallest absolute Gasteiger partial charge is 0.0576 e. The third-order valence-corrected chi connectivity index (χ3v) is 0.962. The van der Waals surface area contributed by atoms with Crippen LogP contribution in [0.1, 0.15) is 12.5 Å². The average molecular weight is 81.1 g/mol. The predicted octanol–water partition coefficient (Wildman–Crippen LogP) is 0.604. The molecule has 1 aromatic carbocycles. The van der Waals surface area contributed by atoms with Gasteiger partial charge < -0.3 is 5.41 Å². The Balaban J connectivity index is 2.68. The minimum atomic E-state index is 0.748. The summed E-state index contributed by atoms with van der Waals surface area (Å²) in [5.41, 5.74) is 1.22. The second kappa shape index (κ2) is 0.934. The van der Waals surface area contributed by atoms with Gasteiger partial charge in [0.2, 0.25) is 0 Å². The third kappa shape index (κ3) is 0.361. The number of nitrogens with one attached hydrogen (secondary N) is 1. The van der Waals surface area contributed by atoms with E-state index in [4.69, 9.17) is 5.41 Å². The van der Waals surface area contributed by atoms with Crippen LogP contribution in [-0.4, -0.2) is 0 Å². The summed E-state index contributed by atoms with van der Waals surface area (Å²) in [6.07, 6.45) is 1.04. The summed E-state index contributed by atoms with van der Waals surface area (Å²) < 4.78 is 0. The van der Waals surface area contributed by atoms with Crippen LogP contribution in [0.25, 0.3) is 0 Å². The van der Waals surface area contributed by atoms with Crippen molar-refractivity contribution >= 4 is 0 Å². The minimum Gasteiger partial charge on any atom is -0.301 e. The van der Waals surface area contributed by atoms with Crippen molar-refractivity contribution < 1.29 is 0 Å². The quantitative estimate of drug-likeness (QED) is 0.512. The van der Waals surface area contributed by atoms with Crippen LogP contribution in [0.2, 0.25) is 0 Å². The van der Waals surface area contributed by atoms with E-state index in [1.54, 1.807) is 0 Å². The van der Waals surface area contributed by atoms with Crippen LogP contribution in [-0.2, 0) is 6.42 Å². The topological polar surface area (TPSA) is 23.9 Å². The van der Waals surface area contributed by atoms with E-state index in [1.165, 1.54) is 5.56 Å². The fraction of sp³-hybridized carbons (Fsp3) is 0.400. The minimum absolute atomic E-state index is 0.748. The first-order chi connectivity index (χ1) is 2.84. The molecule has 0 fully saturated rings. The lowest BCUT2D eigenvalue weighted by Gasteiger charge is -1.64. The standard InChI is InChI=1S/C5H7N/c1-2-4-3-5(4)6/h3,6H,2H2,1H3. The molecule has 1 heteroatoms. The van der Waals surface area contributed by atoms with Crippen LogP contribution in [0.5, 0.6) is 0 Å². The van der Waals surface area contributed by atoms with Crippen molar-refractivity contribution in [3.63, 3.8) is 0 Å². The molecule has 0 spiro atoms. The van der Waals surface area contributed by atoms with Gasteiger partial charge in [-0.15, -0.1) is 0 Å². The van der Waals surface area contributed by atoms with Crippen molar-refractivity contribution in [3.05, 3.63) is 17.0 Å². The first kappa shape index (κ1) is 3.59. The van der Waals surface area contributed by atoms with Gasteiger partial charge in [0.25, 0.3) is 0 Å². The highest BCUT2D eigenvalue weighted by molar-refractivity contribution is 5.19. The van der Waals surface area contributed by atoms with Gasteiger partial charge in [0.05, 0.1) is 5.36 Å². The lowest BCUT2D eigenvalue weighted by molar-refractivity contribution is 1.16. The van der Waals surface area contributed by atoms with Gasteiger partial charge in [-0.3, -0.25) is 0 Å². The maximum Gasteiger partial charge on any atom is 0.0576 e. The van der Waals surface area contributed by atoms with E-state index in [9.17, 15) is 0 Å². The Morgan fingerprint density at radius 1 is 1.83 bits per heavy atom. The van der Waals surface area contributed by atoms with Gasteiger partial charge in [-0.2, -0.15) is 0 Å². The van der Waals surface area contributed by atoms with Crippen LogP contribution >= 0.6 is 0 Å². The average Bonchev–Trinajstić information content (AvgIpc) is 2.19. The van der Waals surface area contributed by atoms with E-state index < -0.39 is 0 Å². The molecule has 1 rings (SSSR count). The van der Waals surface area contributed by atoms with Crippen molar-refractivity contribution in [3.8, 4) is 0 Å². The van der Waals surface area contributed by atoms with E-state index in [0.717, 1.165) is 11.8 Å². The second-order valence-electron chi connectivity index (χ2n) is 1.44. The molecule has 0 unspecified atom stereocenters. The Morgan fingerprint density at radius 3 is 2.33 bits per heavy atom. The number of hydrogen-bond acceptors (Lipinski definition) is 1. The van der Waals surface area contributed by atoms with E-state index in [-0.39, 0.29) is 0 Å². The molecule has 0 radical (unpaired) electrons. The summed E-state index contributed by atoms with van der Waals surface area (Å²) >= 11 is 0. The maximum atomic E-state index is 6.88. The summed E-state index contributed by atoms with van der Waals surface area (Å²) in [6, 6.07) is 1.89. The Bertz CT molecular complexity index is 146. The molecule has 0 aliphatic rings. The first-order valence-corrected chi connectivity index (χ1v) is 2.14. The van der Waals surface area contributed by atoms with E-state index in [0.29, 0.717) is 0 Å². The third-order valence-electron chi connectivity index (χ3n) is 0.962. The largest absolute Gasteiger partial charge is 0.301 e. The molecule has 6 heavy (non-hydrogen) atoms. The van der Waals surface area contributed by atoms with Crippen molar-refractivity contribution in [1.29, 1.82) is 5.41 Å². The molecular formula is C5H7N. The maximum absolute atomic E-state index is 6.88. The zero-order valence-corrected chi connectivity index (χ0v) is 3.78. The van der Waals surface area contributed by atoms with E-state index in [1.807, 2.05) is 6.07 Å². The highest BCUT2D eigenvalue weighted by atomic mass is 14.4. The molecule has 0 amide bonds. The zero-order valence-electron chi connectivity index (χ0n) is 3.78. The Kier molecular flexibility index (Phi) is 0.560. The highest BCUT2D eigenvalue weighted by Gasteiger charge is 1.96. The van der Waals surface area contributed by atoms with Crippen LogP contribution in [0.4, 0.5) is 0 Å². The van der Waals surface area contributed by atoms with Crippen LogP contribution in [0.3, 0.4) is 0 Å². The molecule has 1 nitrogen and oxygen atoms in total. The molecule has 32 valence electrons. The molecule has 0 atom stereocenters. The van der Waals surface area contributed by atoms with Crippen LogP contribution < -0.4 is 5.36 Å². The Morgan fingerprint density at radius 2 is 2.33 bits per heavy atom. The molecular weight excluding hydrogens is 74.1 g/mol. The van der Waals surface area contributed by atoms with Gasteiger partial charge in [-0.25, -0.2) is 0 Å². The molecule has 1 aromatic rings. The van der Waals surface area contributed by atoms with Crippen LogP contribution in [0, 0.1) is 5.41 Å². The van der Waals surface area contributed by atoms with E-state index in [2.05, 4.69) is 6.92 Å². The SMILES string of the molecule is CCc1cc1=N. The summed E-state index contributed by atoms with van der Waals surface area (Å²) in [5.74, 6) is 0. The van der Waals surface area contributed by atoms with Gasteiger partial charge >= 0.3 is 0 Å². The summed E-state index contributed by atoms with van der Waals surface area (Å²) in [7, 11) is 0. The monoisotopic (exact) mass is 81.1 g/mol. The number of aryl methyl sites for hydroxylation is 1. The molecule has 0 aliphatic heterocycles. The number of hydrogen-bond donors (Lipinski definition) is 1. The molecule has 0 saturated heterocycles. The van der Waals surface area contributed by atoms with Crippen LogP contribution in [0.15, 0.2) is 6.07 Å². The van der Waals surface area contributed by atoms with Gasteiger partial charge in [0.1, 0.15) is 0 Å². The zero-order chi connectivity index (χ0) is 4.57. The van der Waals surface area contributed by atoms with Crippen molar-refractivity contribution in [2.45, 2.75) is 13.3 Å². The summed E-state index contributed by atoms with van der Waals surface area (Å²) in [4.78, 5) is 0. The molecule has 0 bridgehead atoms. The summed E-state index contributed by atoms with van der Waals surface area (Å²) in [5, 5.41) is 7.62. The van der Waals surface area contributed by atoms with E-state index >= 15 is 0 Å². The van der Waals surface area contributed by atoms with Crippen molar-refractivity contribution in [1.82, 2.24) is 0 Å². The fourth-order valence-electron chi connectivity index (χ4n) is 0.431. The lowest BCUT2D eigenvalue weighted by Crippen LogP contribution is -1.75. The fourth-order valence-corrected chi connectivity index (χ4v) is 0.431. The first-order valence-electron chi connectivity index (χ1n) is 2.14. The Hall–Kier alpha value is -0.590. The summed E-state index contributed by atoms with van der Waals surface area (Å²) in [6.45, 7) is 2.06. The van der Waals surface area contributed by atoms with Crippen molar-refractivity contribution in [2.24, 2.45) is 0 Å². The van der Waals surface area contributed by atoms with Gasteiger partial charge in [-0.05, 0) is 18.1 Å². The molecule has 0 aliphatic carbocycles. The molecule has 0 aromatic heterocycles. The highest BCUT2D eigenvalue weighted by Crippen LogP contribution is 1.92. The van der Waals surface area contributed by atoms with Gasteiger partial charge in [0.15, 0.2) is 0 Å². The normalized spacial score (nSPS) is 10.2. The van der Waals surface area contributed by atoms with Crippen molar-refractivity contribution in [2.75, 3.05) is 0 Å². The molecule has 1 N–H and O–H groups in total.